The van der Waals surface area contributed by atoms with E-state index in [1.807, 2.05) is 0 Å². The van der Waals surface area contributed by atoms with Crippen LogP contribution < -0.4 is 0 Å². The molecule has 11 heavy (non-hydrogen) atoms. The molecular formula is C8H17NO2. The minimum absolute atomic E-state index is 0.240. The standard InChI is InChI=1S/C8H17NO2/c1-2-3-8-9(4-6-10)5-7-11-8/h8,10H,2-7H2,1H3. The third kappa shape index (κ3) is 2.43. The number of rotatable bonds is 4. The Labute approximate surface area is 68.0 Å². The summed E-state index contributed by atoms with van der Waals surface area (Å²) in [5, 5.41) is 8.72. The van der Waals surface area contributed by atoms with Crippen molar-refractivity contribution in [3.63, 3.8) is 0 Å². The zero-order valence-corrected chi connectivity index (χ0v) is 7.12. The molecule has 0 spiro atoms. The lowest BCUT2D eigenvalue weighted by Crippen LogP contribution is -2.32. The fourth-order valence-corrected chi connectivity index (χ4v) is 1.45. The molecule has 1 unspecified atom stereocenters. The van der Waals surface area contributed by atoms with Gasteiger partial charge >= 0.3 is 0 Å². The molecule has 3 nitrogen and oxygen atoms in total. The van der Waals surface area contributed by atoms with Crippen molar-refractivity contribution >= 4 is 0 Å². The van der Waals surface area contributed by atoms with Gasteiger partial charge in [0.1, 0.15) is 6.23 Å². The Morgan fingerprint density at radius 2 is 2.45 bits per heavy atom. The monoisotopic (exact) mass is 159 g/mol. The van der Waals surface area contributed by atoms with Gasteiger partial charge in [-0.2, -0.15) is 0 Å². The summed E-state index contributed by atoms with van der Waals surface area (Å²) in [6.07, 6.45) is 2.50. The number of hydrogen-bond donors (Lipinski definition) is 1. The highest BCUT2D eigenvalue weighted by atomic mass is 16.5. The van der Waals surface area contributed by atoms with Crippen LogP contribution in [0, 0.1) is 0 Å². The molecule has 1 fully saturated rings. The quantitative estimate of drug-likeness (QED) is 0.646. The highest BCUT2D eigenvalue weighted by molar-refractivity contribution is 4.68. The van der Waals surface area contributed by atoms with Crippen LogP contribution in [-0.4, -0.2) is 42.5 Å². The van der Waals surface area contributed by atoms with Crippen molar-refractivity contribution < 1.29 is 9.84 Å². The minimum Gasteiger partial charge on any atom is -0.395 e. The zero-order valence-electron chi connectivity index (χ0n) is 7.12. The van der Waals surface area contributed by atoms with Crippen molar-refractivity contribution in [1.82, 2.24) is 4.90 Å². The molecule has 1 saturated heterocycles. The second-order valence-electron chi connectivity index (χ2n) is 2.87. The number of β-amino-alcohol motifs (C(OH)–C–C–N with tert-alkyl or cyclic N) is 1. The summed E-state index contributed by atoms with van der Waals surface area (Å²) in [5.41, 5.74) is 0. The van der Waals surface area contributed by atoms with Gasteiger partial charge in [0.15, 0.2) is 0 Å². The predicted octanol–water partition coefficient (Wildman–Crippen LogP) is 0.437. The maximum absolute atomic E-state index is 8.72. The van der Waals surface area contributed by atoms with E-state index >= 15 is 0 Å². The van der Waals surface area contributed by atoms with Crippen LogP contribution in [0.25, 0.3) is 0 Å². The Hall–Kier alpha value is -0.120. The second-order valence-corrected chi connectivity index (χ2v) is 2.87. The van der Waals surface area contributed by atoms with Gasteiger partial charge in [-0.1, -0.05) is 13.3 Å². The van der Waals surface area contributed by atoms with Gasteiger partial charge in [-0.3, -0.25) is 4.90 Å². The van der Waals surface area contributed by atoms with Crippen LogP contribution in [0.2, 0.25) is 0 Å². The molecule has 1 N–H and O–H groups in total. The lowest BCUT2D eigenvalue weighted by Gasteiger charge is -2.20. The maximum Gasteiger partial charge on any atom is 0.110 e. The van der Waals surface area contributed by atoms with E-state index in [0.29, 0.717) is 0 Å². The van der Waals surface area contributed by atoms with Gasteiger partial charge in [0.05, 0.1) is 13.2 Å². The first-order valence-corrected chi connectivity index (χ1v) is 4.35. The third-order valence-corrected chi connectivity index (χ3v) is 2.02. The molecule has 0 saturated carbocycles. The van der Waals surface area contributed by atoms with Crippen LogP contribution in [0.3, 0.4) is 0 Å². The average Bonchev–Trinajstić information content (AvgIpc) is 2.39. The van der Waals surface area contributed by atoms with Crippen LogP contribution in [-0.2, 0) is 4.74 Å². The third-order valence-electron chi connectivity index (χ3n) is 2.02. The van der Waals surface area contributed by atoms with Crippen molar-refractivity contribution in [3.05, 3.63) is 0 Å². The Bertz CT molecular complexity index is 96.3. The number of ether oxygens (including phenoxy) is 1. The normalized spacial score (nSPS) is 26.2. The highest BCUT2D eigenvalue weighted by Crippen LogP contribution is 2.13. The second kappa shape index (κ2) is 4.70. The van der Waals surface area contributed by atoms with Crippen LogP contribution in [0.1, 0.15) is 19.8 Å². The Kier molecular flexibility index (Phi) is 3.83. The molecule has 1 aliphatic heterocycles. The number of hydrogen-bond acceptors (Lipinski definition) is 3. The van der Waals surface area contributed by atoms with Gasteiger partial charge in [0.2, 0.25) is 0 Å². The molecule has 1 atom stereocenters. The molecular weight excluding hydrogens is 142 g/mol. The summed E-state index contributed by atoms with van der Waals surface area (Å²) in [6, 6.07) is 0. The van der Waals surface area contributed by atoms with E-state index in [1.165, 1.54) is 0 Å². The molecule has 0 aromatic heterocycles. The van der Waals surface area contributed by atoms with Crippen molar-refractivity contribution in [2.75, 3.05) is 26.3 Å². The van der Waals surface area contributed by atoms with Crippen molar-refractivity contribution in [2.45, 2.75) is 26.0 Å². The van der Waals surface area contributed by atoms with E-state index in [-0.39, 0.29) is 12.8 Å². The molecule has 3 heteroatoms. The van der Waals surface area contributed by atoms with Crippen LogP contribution in [0.15, 0.2) is 0 Å². The van der Waals surface area contributed by atoms with Crippen LogP contribution in [0.4, 0.5) is 0 Å². The molecule has 1 rings (SSSR count). The minimum atomic E-state index is 0.240. The summed E-state index contributed by atoms with van der Waals surface area (Å²) >= 11 is 0. The molecule has 66 valence electrons. The van der Waals surface area contributed by atoms with Crippen molar-refractivity contribution in [1.29, 1.82) is 0 Å². The summed E-state index contributed by atoms with van der Waals surface area (Å²) in [6.45, 7) is 4.95. The summed E-state index contributed by atoms with van der Waals surface area (Å²) in [7, 11) is 0. The number of nitrogens with zero attached hydrogens (tertiary/aromatic N) is 1. The summed E-state index contributed by atoms with van der Waals surface area (Å²) in [4.78, 5) is 2.20. The smallest absolute Gasteiger partial charge is 0.110 e. The van der Waals surface area contributed by atoms with E-state index in [1.54, 1.807) is 0 Å². The Balaban J connectivity index is 2.25. The topological polar surface area (TPSA) is 32.7 Å². The van der Waals surface area contributed by atoms with Crippen molar-refractivity contribution in [3.8, 4) is 0 Å². The van der Waals surface area contributed by atoms with Gasteiger partial charge in [-0.15, -0.1) is 0 Å². The fourth-order valence-electron chi connectivity index (χ4n) is 1.45. The average molecular weight is 159 g/mol. The summed E-state index contributed by atoms with van der Waals surface area (Å²) in [5.74, 6) is 0. The van der Waals surface area contributed by atoms with E-state index in [0.717, 1.165) is 32.5 Å². The zero-order chi connectivity index (χ0) is 8.10. The lowest BCUT2D eigenvalue weighted by atomic mass is 10.3. The molecule has 1 heterocycles. The largest absolute Gasteiger partial charge is 0.395 e. The molecule has 0 amide bonds. The lowest BCUT2D eigenvalue weighted by molar-refractivity contribution is 0.0199. The first-order valence-electron chi connectivity index (χ1n) is 4.35. The summed E-state index contributed by atoms with van der Waals surface area (Å²) < 4.78 is 5.47. The van der Waals surface area contributed by atoms with Gasteiger partial charge in [0.25, 0.3) is 0 Å². The van der Waals surface area contributed by atoms with Gasteiger partial charge in [-0.25, -0.2) is 0 Å². The molecule has 0 aromatic rings. The van der Waals surface area contributed by atoms with Crippen LogP contribution in [0.5, 0.6) is 0 Å². The Morgan fingerprint density at radius 1 is 1.64 bits per heavy atom. The molecule has 0 radical (unpaired) electrons. The fraction of sp³-hybridized carbons (Fsp3) is 1.00. The van der Waals surface area contributed by atoms with Gasteiger partial charge < -0.3 is 9.84 Å². The first-order chi connectivity index (χ1) is 5.38. The van der Waals surface area contributed by atoms with E-state index in [2.05, 4.69) is 11.8 Å². The van der Waals surface area contributed by atoms with Gasteiger partial charge in [0, 0.05) is 13.1 Å². The molecule has 0 aromatic carbocycles. The number of aliphatic hydroxyl groups is 1. The molecule has 0 aliphatic carbocycles. The van der Waals surface area contributed by atoms with E-state index < -0.39 is 0 Å². The first kappa shape index (κ1) is 8.97. The predicted molar refractivity (Wildman–Crippen MR) is 43.3 cm³/mol. The van der Waals surface area contributed by atoms with E-state index in [9.17, 15) is 0 Å². The highest BCUT2D eigenvalue weighted by Gasteiger charge is 2.22. The molecule has 0 bridgehead atoms. The Morgan fingerprint density at radius 3 is 3.09 bits per heavy atom. The van der Waals surface area contributed by atoms with Crippen molar-refractivity contribution in [2.24, 2.45) is 0 Å². The van der Waals surface area contributed by atoms with E-state index in [4.69, 9.17) is 9.84 Å². The van der Waals surface area contributed by atoms with Gasteiger partial charge in [-0.05, 0) is 6.42 Å². The number of aliphatic hydroxyl groups excluding tert-OH is 1. The SMILES string of the molecule is CCCC1OCCN1CCO. The maximum atomic E-state index is 8.72. The molecule has 1 aliphatic rings. The van der Waals surface area contributed by atoms with Crippen LogP contribution >= 0.6 is 0 Å².